The number of hydrogen-bond donors (Lipinski definition) is 3. The second-order valence-electron chi connectivity index (χ2n) is 8.85. The van der Waals surface area contributed by atoms with Gasteiger partial charge in [-0.15, -0.1) is 5.10 Å². The fourth-order valence-corrected chi connectivity index (χ4v) is 4.71. The number of morpholine rings is 1. The number of ether oxygens (including phenoxy) is 1. The molecule has 1 saturated heterocycles. The molecule has 3 heterocycles. The maximum Gasteiger partial charge on any atom is 0.247 e. The number of nitrogens with one attached hydrogen (secondary N) is 3. The summed E-state index contributed by atoms with van der Waals surface area (Å²) in [4.78, 5) is 10.8. The molecule has 2 aromatic heterocycles. The van der Waals surface area contributed by atoms with E-state index in [4.69, 9.17) is 16.3 Å². The standard InChI is InChI=1S/C22H23ClN10O3S/c1-37(34,35)27-11-16-12-32(4-5-36-16)18-7-13(8-24)6-17(19(18)23)29-22-30-20(28-14-2-3-14)21-26-10-15(9-25)33(21)31-22/h6-7,10,14,16,27H,2-5,11-12H2,1H3,(H2,28,29,30,31). The van der Waals surface area contributed by atoms with Gasteiger partial charge in [0.25, 0.3) is 0 Å². The number of nitriles is 2. The third-order valence-electron chi connectivity index (χ3n) is 5.88. The summed E-state index contributed by atoms with van der Waals surface area (Å²) < 4.78 is 32.5. The molecule has 1 aromatic carbocycles. The smallest absolute Gasteiger partial charge is 0.247 e. The molecule has 2 aliphatic rings. The Morgan fingerprint density at radius 2 is 2.08 bits per heavy atom. The molecule has 1 atom stereocenters. The van der Waals surface area contributed by atoms with Crippen LogP contribution in [0.1, 0.15) is 24.1 Å². The van der Waals surface area contributed by atoms with Gasteiger partial charge < -0.3 is 20.3 Å². The molecule has 15 heteroatoms. The van der Waals surface area contributed by atoms with E-state index in [1.54, 1.807) is 12.1 Å². The Balaban J connectivity index is 1.46. The molecular weight excluding hydrogens is 520 g/mol. The topological polar surface area (TPSA) is 173 Å². The summed E-state index contributed by atoms with van der Waals surface area (Å²) in [7, 11) is -3.36. The number of sulfonamides is 1. The van der Waals surface area contributed by atoms with Gasteiger partial charge in [0.05, 0.1) is 53.2 Å². The monoisotopic (exact) mass is 542 g/mol. The van der Waals surface area contributed by atoms with Crippen LogP contribution in [0.3, 0.4) is 0 Å². The summed E-state index contributed by atoms with van der Waals surface area (Å²) in [5.41, 5.74) is 2.04. The van der Waals surface area contributed by atoms with Gasteiger partial charge in [-0.1, -0.05) is 11.6 Å². The Bertz CT molecular complexity index is 1540. The fourth-order valence-electron chi connectivity index (χ4n) is 3.95. The predicted octanol–water partition coefficient (Wildman–Crippen LogP) is 1.59. The summed E-state index contributed by atoms with van der Waals surface area (Å²) in [6.07, 6.45) is 4.16. The molecule has 3 aromatic rings. The first-order valence-corrected chi connectivity index (χ1v) is 13.8. The van der Waals surface area contributed by atoms with E-state index in [-0.39, 0.29) is 24.2 Å². The number of fused-ring (bicyclic) bond motifs is 1. The van der Waals surface area contributed by atoms with Crippen molar-refractivity contribution >= 4 is 50.4 Å². The number of halogens is 1. The molecule has 1 saturated carbocycles. The van der Waals surface area contributed by atoms with Crippen LogP contribution in [0.25, 0.3) is 5.65 Å². The molecule has 0 spiro atoms. The van der Waals surface area contributed by atoms with Crippen LogP contribution < -0.4 is 20.3 Å². The fraction of sp³-hybridized carbons (Fsp3) is 0.409. The Morgan fingerprint density at radius 3 is 2.78 bits per heavy atom. The Kier molecular flexibility index (Phi) is 6.74. The first kappa shape index (κ1) is 25.0. The van der Waals surface area contributed by atoms with E-state index in [1.807, 2.05) is 4.90 Å². The molecule has 192 valence electrons. The van der Waals surface area contributed by atoms with E-state index in [1.165, 1.54) is 10.7 Å². The maximum absolute atomic E-state index is 11.5. The third kappa shape index (κ3) is 5.68. The summed E-state index contributed by atoms with van der Waals surface area (Å²) >= 11 is 6.80. The van der Waals surface area contributed by atoms with Gasteiger partial charge >= 0.3 is 0 Å². The van der Waals surface area contributed by atoms with Crippen LogP contribution in [0.5, 0.6) is 0 Å². The van der Waals surface area contributed by atoms with Gasteiger partial charge in [0.1, 0.15) is 6.07 Å². The number of nitrogens with zero attached hydrogens (tertiary/aromatic N) is 7. The van der Waals surface area contributed by atoms with Crippen LogP contribution in [0.15, 0.2) is 18.3 Å². The minimum absolute atomic E-state index is 0.118. The summed E-state index contributed by atoms with van der Waals surface area (Å²) in [6.45, 7) is 1.35. The zero-order chi connectivity index (χ0) is 26.2. The average molecular weight is 543 g/mol. The van der Waals surface area contributed by atoms with Crippen molar-refractivity contribution in [1.82, 2.24) is 24.3 Å². The maximum atomic E-state index is 11.5. The Morgan fingerprint density at radius 1 is 1.27 bits per heavy atom. The van der Waals surface area contributed by atoms with E-state index >= 15 is 0 Å². The summed E-state index contributed by atoms with van der Waals surface area (Å²) in [5, 5.41) is 30.3. The van der Waals surface area contributed by atoms with E-state index in [9.17, 15) is 18.9 Å². The summed E-state index contributed by atoms with van der Waals surface area (Å²) in [5.74, 6) is 0.661. The highest BCUT2D eigenvalue weighted by Crippen LogP contribution is 2.37. The van der Waals surface area contributed by atoms with Crippen molar-refractivity contribution in [3.05, 3.63) is 34.6 Å². The van der Waals surface area contributed by atoms with Gasteiger partial charge in [-0.2, -0.15) is 20.0 Å². The lowest BCUT2D eigenvalue weighted by molar-refractivity contribution is 0.0443. The number of anilines is 4. The van der Waals surface area contributed by atoms with E-state index < -0.39 is 16.1 Å². The molecule has 1 aliphatic heterocycles. The number of hydrogen-bond acceptors (Lipinski definition) is 11. The van der Waals surface area contributed by atoms with Crippen LogP contribution in [-0.4, -0.2) is 72.6 Å². The predicted molar refractivity (Wildman–Crippen MR) is 136 cm³/mol. The third-order valence-corrected chi connectivity index (χ3v) is 6.96. The van der Waals surface area contributed by atoms with Gasteiger partial charge in [-0.25, -0.2) is 18.1 Å². The van der Waals surface area contributed by atoms with Crippen LogP contribution in [0.2, 0.25) is 5.02 Å². The Hall–Kier alpha value is -3.69. The molecule has 0 bridgehead atoms. The largest absolute Gasteiger partial charge is 0.373 e. The normalized spacial score (nSPS) is 17.8. The van der Waals surface area contributed by atoms with Crippen molar-refractivity contribution in [3.63, 3.8) is 0 Å². The average Bonchev–Trinajstić information content (AvgIpc) is 3.59. The number of aromatic nitrogens is 4. The van der Waals surface area contributed by atoms with Crippen molar-refractivity contribution in [1.29, 1.82) is 10.5 Å². The van der Waals surface area contributed by atoms with Crippen molar-refractivity contribution in [2.45, 2.75) is 25.0 Å². The summed E-state index contributed by atoms with van der Waals surface area (Å²) in [6, 6.07) is 7.77. The van der Waals surface area contributed by atoms with Gasteiger partial charge in [-0.3, -0.25) is 0 Å². The number of imidazole rings is 1. The molecular formula is C22H23ClN10O3S. The molecule has 1 unspecified atom stereocenters. The second kappa shape index (κ2) is 9.99. The van der Waals surface area contributed by atoms with E-state index in [0.717, 1.165) is 19.1 Å². The van der Waals surface area contributed by atoms with Crippen LogP contribution in [-0.2, 0) is 14.8 Å². The minimum atomic E-state index is -3.36. The van der Waals surface area contributed by atoms with Crippen LogP contribution >= 0.6 is 11.6 Å². The van der Waals surface area contributed by atoms with Crippen LogP contribution in [0, 0.1) is 22.7 Å². The van der Waals surface area contributed by atoms with E-state index in [0.29, 0.717) is 53.1 Å². The van der Waals surface area contributed by atoms with Gasteiger partial charge in [-0.05, 0) is 25.0 Å². The zero-order valence-electron chi connectivity index (χ0n) is 19.8. The highest BCUT2D eigenvalue weighted by molar-refractivity contribution is 7.88. The molecule has 0 radical (unpaired) electrons. The first-order valence-electron chi connectivity index (χ1n) is 11.5. The quantitative estimate of drug-likeness (QED) is 0.377. The molecule has 37 heavy (non-hydrogen) atoms. The van der Waals surface area contributed by atoms with Gasteiger partial charge in [0.15, 0.2) is 17.2 Å². The number of benzene rings is 1. The van der Waals surface area contributed by atoms with Crippen molar-refractivity contribution in [2.24, 2.45) is 0 Å². The molecule has 5 rings (SSSR count). The van der Waals surface area contributed by atoms with Crippen molar-refractivity contribution < 1.29 is 13.2 Å². The molecule has 0 amide bonds. The lowest BCUT2D eigenvalue weighted by atomic mass is 10.1. The van der Waals surface area contributed by atoms with Gasteiger partial charge in [0, 0.05) is 25.7 Å². The van der Waals surface area contributed by atoms with Crippen molar-refractivity contribution in [3.8, 4) is 12.1 Å². The molecule has 1 aliphatic carbocycles. The minimum Gasteiger partial charge on any atom is -0.373 e. The second-order valence-corrected chi connectivity index (χ2v) is 11.1. The molecule has 13 nitrogen and oxygen atoms in total. The lowest BCUT2D eigenvalue weighted by Gasteiger charge is -2.35. The van der Waals surface area contributed by atoms with E-state index in [2.05, 4.69) is 42.6 Å². The number of rotatable bonds is 8. The first-order chi connectivity index (χ1) is 17.7. The zero-order valence-corrected chi connectivity index (χ0v) is 21.3. The highest BCUT2D eigenvalue weighted by Gasteiger charge is 2.26. The van der Waals surface area contributed by atoms with Crippen molar-refractivity contribution in [2.75, 3.05) is 48.0 Å². The molecule has 2 fully saturated rings. The van der Waals surface area contributed by atoms with Gasteiger partial charge in [0.2, 0.25) is 16.0 Å². The lowest BCUT2D eigenvalue weighted by Crippen LogP contribution is -2.47. The highest BCUT2D eigenvalue weighted by atomic mass is 35.5. The Labute approximate surface area is 218 Å². The van der Waals surface area contributed by atoms with Crippen LogP contribution in [0.4, 0.5) is 23.1 Å². The SMILES string of the molecule is CS(=O)(=O)NCC1CN(c2cc(C#N)cc(Nc3nc(NC4CC4)c4ncc(C#N)n4n3)c2Cl)CCO1. The molecule has 3 N–H and O–H groups in total.